The molecule has 6 rings (SSSR count). The fraction of sp³-hybridized carbons (Fsp3) is 0.103. The van der Waals surface area contributed by atoms with Gasteiger partial charge in [0.15, 0.2) is 0 Å². The molecule has 0 radical (unpaired) electrons. The van der Waals surface area contributed by atoms with Crippen LogP contribution in [0.2, 0.25) is 0 Å². The Kier molecular flexibility index (Phi) is 4.06. The first-order valence-corrected chi connectivity index (χ1v) is 11.5. The van der Waals surface area contributed by atoms with Crippen molar-refractivity contribution in [1.29, 1.82) is 0 Å². The molecule has 0 N–H and O–H groups in total. The van der Waals surface area contributed by atoms with E-state index < -0.39 is 0 Å². The van der Waals surface area contributed by atoms with Crippen LogP contribution in [0, 0.1) is 13.8 Å². The maximum atomic E-state index is 2.37. The van der Waals surface area contributed by atoms with Gasteiger partial charge in [-0.1, -0.05) is 83.9 Å². The van der Waals surface area contributed by atoms with Crippen LogP contribution in [0.4, 0.5) is 0 Å². The molecule has 0 bridgehead atoms. The molecule has 2 heterocycles. The largest absolute Gasteiger partial charge is 0.342 e. The molecule has 0 atom stereocenters. The minimum Gasteiger partial charge on any atom is -0.342 e. The normalized spacial score (nSPS) is 11.7. The van der Waals surface area contributed by atoms with Crippen LogP contribution in [0.25, 0.3) is 53.5 Å². The van der Waals surface area contributed by atoms with Gasteiger partial charge in [-0.25, -0.2) is 0 Å². The highest BCUT2D eigenvalue weighted by Gasteiger charge is 2.16. The number of benzene rings is 4. The van der Waals surface area contributed by atoms with Crippen LogP contribution in [0.3, 0.4) is 0 Å². The summed E-state index contributed by atoms with van der Waals surface area (Å²) in [5.41, 5.74) is 10.3. The highest BCUT2D eigenvalue weighted by molar-refractivity contribution is 7.26. The molecular weight excluding hydrogens is 394 g/mol. The summed E-state index contributed by atoms with van der Waals surface area (Å²) in [4.78, 5) is 0. The lowest BCUT2D eigenvalue weighted by Crippen LogP contribution is -1.88. The SMILES string of the molecule is Cc1ccc(-c2ccc3c(c2)sc2c4ccc(-c5ccc(C)cc5)cc4n(C)c32)cc1. The van der Waals surface area contributed by atoms with Gasteiger partial charge in [-0.05, 0) is 48.2 Å². The molecule has 0 aliphatic rings. The van der Waals surface area contributed by atoms with Crippen LogP contribution in [0.1, 0.15) is 11.1 Å². The van der Waals surface area contributed by atoms with Crippen molar-refractivity contribution in [2.45, 2.75) is 13.8 Å². The van der Waals surface area contributed by atoms with Crippen molar-refractivity contribution in [1.82, 2.24) is 4.57 Å². The first kappa shape index (κ1) is 18.4. The topological polar surface area (TPSA) is 4.93 Å². The van der Waals surface area contributed by atoms with E-state index in [4.69, 9.17) is 0 Å². The second-order valence-electron chi connectivity index (χ2n) is 8.51. The molecule has 1 nitrogen and oxygen atoms in total. The molecule has 2 aromatic heterocycles. The number of thiophene rings is 1. The molecule has 31 heavy (non-hydrogen) atoms. The van der Waals surface area contributed by atoms with Crippen LogP contribution < -0.4 is 0 Å². The maximum absolute atomic E-state index is 2.37. The van der Waals surface area contributed by atoms with Gasteiger partial charge in [0.2, 0.25) is 0 Å². The summed E-state index contributed by atoms with van der Waals surface area (Å²) in [5.74, 6) is 0. The summed E-state index contributed by atoms with van der Waals surface area (Å²) in [6.45, 7) is 4.27. The molecule has 0 aliphatic heterocycles. The van der Waals surface area contributed by atoms with Gasteiger partial charge in [0.05, 0.1) is 15.7 Å². The van der Waals surface area contributed by atoms with E-state index in [2.05, 4.69) is 110 Å². The maximum Gasteiger partial charge on any atom is 0.0678 e. The van der Waals surface area contributed by atoms with Crippen LogP contribution in [-0.4, -0.2) is 4.57 Å². The third-order valence-electron chi connectivity index (χ3n) is 6.37. The highest BCUT2D eigenvalue weighted by atomic mass is 32.1. The molecular formula is C29H23NS. The van der Waals surface area contributed by atoms with Gasteiger partial charge in [-0.15, -0.1) is 11.3 Å². The molecule has 0 amide bonds. The van der Waals surface area contributed by atoms with Crippen molar-refractivity contribution in [2.24, 2.45) is 7.05 Å². The Bertz CT molecular complexity index is 1570. The summed E-state index contributed by atoms with van der Waals surface area (Å²) in [6.07, 6.45) is 0. The second kappa shape index (κ2) is 6.83. The predicted molar refractivity (Wildman–Crippen MR) is 136 cm³/mol. The quantitative estimate of drug-likeness (QED) is 0.266. The molecule has 6 aromatic rings. The van der Waals surface area contributed by atoms with Crippen molar-refractivity contribution in [2.75, 3.05) is 0 Å². The van der Waals surface area contributed by atoms with E-state index in [0.29, 0.717) is 0 Å². The zero-order chi connectivity index (χ0) is 21.1. The Balaban J connectivity index is 1.53. The highest BCUT2D eigenvalue weighted by Crippen LogP contribution is 2.42. The third kappa shape index (κ3) is 2.90. The van der Waals surface area contributed by atoms with Gasteiger partial charge < -0.3 is 4.57 Å². The lowest BCUT2D eigenvalue weighted by molar-refractivity contribution is 1.02. The minimum absolute atomic E-state index is 1.27. The number of rotatable bonds is 2. The fourth-order valence-electron chi connectivity index (χ4n) is 4.57. The number of aryl methyl sites for hydroxylation is 3. The first-order chi connectivity index (χ1) is 15.1. The standard InChI is InChI=1S/C29H23NS/c1-18-4-8-20(9-5-18)22-12-14-24-26(16-22)30(3)28-25-15-13-23(17-27(25)31-29(24)28)21-10-6-19(2)7-11-21/h4-17H,1-3H3. The number of nitrogens with zero attached hydrogens (tertiary/aromatic N) is 1. The molecule has 0 unspecified atom stereocenters. The summed E-state index contributed by atoms with van der Waals surface area (Å²) in [6, 6.07) is 31.4. The zero-order valence-corrected chi connectivity index (χ0v) is 18.8. The van der Waals surface area contributed by atoms with E-state index in [1.165, 1.54) is 64.6 Å². The van der Waals surface area contributed by atoms with E-state index in [0.717, 1.165) is 0 Å². The number of hydrogen-bond donors (Lipinski definition) is 0. The van der Waals surface area contributed by atoms with Crippen molar-refractivity contribution in [3.63, 3.8) is 0 Å². The number of hydrogen-bond acceptors (Lipinski definition) is 1. The van der Waals surface area contributed by atoms with Gasteiger partial charge in [-0.3, -0.25) is 0 Å². The van der Waals surface area contributed by atoms with E-state index in [-0.39, 0.29) is 0 Å². The van der Waals surface area contributed by atoms with Crippen molar-refractivity contribution >= 4 is 42.5 Å². The monoisotopic (exact) mass is 417 g/mol. The van der Waals surface area contributed by atoms with E-state index in [1.807, 2.05) is 11.3 Å². The summed E-state index contributed by atoms with van der Waals surface area (Å²) >= 11 is 1.91. The molecule has 4 aromatic carbocycles. The Labute approximate surface area is 186 Å². The molecule has 2 heteroatoms. The Morgan fingerprint density at radius 2 is 1.10 bits per heavy atom. The van der Waals surface area contributed by atoms with Crippen molar-refractivity contribution < 1.29 is 0 Å². The van der Waals surface area contributed by atoms with Crippen LogP contribution in [0.5, 0.6) is 0 Å². The van der Waals surface area contributed by atoms with Crippen molar-refractivity contribution in [3.05, 3.63) is 96.1 Å². The van der Waals surface area contributed by atoms with Gasteiger partial charge >= 0.3 is 0 Å². The zero-order valence-electron chi connectivity index (χ0n) is 17.9. The number of aromatic nitrogens is 1. The molecule has 0 fully saturated rings. The molecule has 150 valence electrons. The first-order valence-electron chi connectivity index (χ1n) is 10.7. The van der Waals surface area contributed by atoms with Crippen LogP contribution >= 0.6 is 11.3 Å². The Morgan fingerprint density at radius 3 is 1.71 bits per heavy atom. The summed E-state index contributed by atoms with van der Waals surface area (Å²) in [7, 11) is 2.20. The van der Waals surface area contributed by atoms with Crippen molar-refractivity contribution in [3.8, 4) is 22.3 Å². The van der Waals surface area contributed by atoms with Gasteiger partial charge in [-0.2, -0.15) is 0 Å². The van der Waals surface area contributed by atoms with Gasteiger partial charge in [0.1, 0.15) is 0 Å². The average Bonchev–Trinajstić information content (AvgIpc) is 3.29. The average molecular weight is 418 g/mol. The van der Waals surface area contributed by atoms with Gasteiger partial charge in [0.25, 0.3) is 0 Å². The van der Waals surface area contributed by atoms with Crippen LogP contribution in [0.15, 0.2) is 84.9 Å². The van der Waals surface area contributed by atoms with E-state index in [9.17, 15) is 0 Å². The lowest BCUT2D eigenvalue weighted by atomic mass is 10.0. The molecule has 0 spiro atoms. The fourth-order valence-corrected chi connectivity index (χ4v) is 5.88. The van der Waals surface area contributed by atoms with Crippen LogP contribution in [-0.2, 0) is 7.05 Å². The molecule has 0 saturated heterocycles. The molecule has 0 aliphatic carbocycles. The number of fused-ring (bicyclic) bond motifs is 5. The second-order valence-corrected chi connectivity index (χ2v) is 9.57. The lowest BCUT2D eigenvalue weighted by Gasteiger charge is -2.06. The van der Waals surface area contributed by atoms with E-state index >= 15 is 0 Å². The predicted octanol–water partition coefficient (Wildman–Crippen LogP) is 8.50. The third-order valence-corrected chi connectivity index (χ3v) is 7.55. The summed E-state index contributed by atoms with van der Waals surface area (Å²) in [5, 5.41) is 2.68. The summed E-state index contributed by atoms with van der Waals surface area (Å²) < 4.78 is 5.10. The minimum atomic E-state index is 1.27. The Hall–Kier alpha value is -3.36. The van der Waals surface area contributed by atoms with Gasteiger partial charge in [0, 0.05) is 22.5 Å². The smallest absolute Gasteiger partial charge is 0.0678 e. The molecule has 0 saturated carbocycles. The van der Waals surface area contributed by atoms with E-state index in [1.54, 1.807) is 0 Å². The Morgan fingerprint density at radius 1 is 0.581 bits per heavy atom.